The predicted octanol–water partition coefficient (Wildman–Crippen LogP) is 2.50. The Labute approximate surface area is 128 Å². The fraction of sp³-hybridized carbons (Fsp3) is 0.467. The molecule has 1 fully saturated rings. The van der Waals surface area contributed by atoms with Crippen LogP contribution in [0.15, 0.2) is 18.2 Å². The van der Waals surface area contributed by atoms with Gasteiger partial charge < -0.3 is 10.2 Å². The third kappa shape index (κ3) is 3.18. The van der Waals surface area contributed by atoms with E-state index in [9.17, 15) is 14.0 Å². The predicted molar refractivity (Wildman–Crippen MR) is 78.3 cm³/mol. The standard InChI is InChI=1S/C15H18ClFN2O2/c1-3-15(2)14(21)19(8-7-12(20)18-15)9-10-5-4-6-11(17)13(10)16/h4-6H,3,7-9H2,1-2H3,(H,18,20). The molecule has 2 amide bonds. The van der Waals surface area contributed by atoms with Crippen molar-refractivity contribution in [3.8, 4) is 0 Å². The van der Waals surface area contributed by atoms with E-state index < -0.39 is 11.4 Å². The number of hydrogen-bond donors (Lipinski definition) is 1. The lowest BCUT2D eigenvalue weighted by Gasteiger charge is -2.31. The summed E-state index contributed by atoms with van der Waals surface area (Å²) in [5.41, 5.74) is -0.384. The van der Waals surface area contributed by atoms with Gasteiger partial charge in [0.1, 0.15) is 11.4 Å². The first-order chi connectivity index (χ1) is 9.87. The lowest BCUT2D eigenvalue weighted by molar-refractivity contribution is -0.138. The van der Waals surface area contributed by atoms with Crippen LogP contribution >= 0.6 is 11.6 Å². The minimum Gasteiger partial charge on any atom is -0.342 e. The van der Waals surface area contributed by atoms with Crippen LogP contribution < -0.4 is 5.32 Å². The van der Waals surface area contributed by atoms with Crippen LogP contribution in [0, 0.1) is 5.82 Å². The molecule has 1 aromatic rings. The minimum atomic E-state index is -0.923. The number of carbonyl (C=O) groups excluding carboxylic acids is 2. The van der Waals surface area contributed by atoms with Gasteiger partial charge in [0.25, 0.3) is 0 Å². The van der Waals surface area contributed by atoms with Gasteiger partial charge >= 0.3 is 0 Å². The number of amides is 2. The molecule has 0 spiro atoms. The van der Waals surface area contributed by atoms with Crippen molar-refractivity contribution < 1.29 is 14.0 Å². The molecular formula is C15H18ClFN2O2. The molecule has 21 heavy (non-hydrogen) atoms. The highest BCUT2D eigenvalue weighted by Crippen LogP contribution is 2.24. The fourth-order valence-corrected chi connectivity index (χ4v) is 2.56. The summed E-state index contributed by atoms with van der Waals surface area (Å²) in [5, 5.41) is 2.78. The van der Waals surface area contributed by atoms with Crippen molar-refractivity contribution in [3.05, 3.63) is 34.6 Å². The van der Waals surface area contributed by atoms with Crippen LogP contribution in [0.25, 0.3) is 0 Å². The molecule has 2 rings (SSSR count). The first kappa shape index (κ1) is 15.8. The van der Waals surface area contributed by atoms with Crippen LogP contribution in [0.1, 0.15) is 32.3 Å². The Balaban J connectivity index is 2.28. The van der Waals surface area contributed by atoms with Crippen LogP contribution in [0.4, 0.5) is 4.39 Å². The molecule has 1 heterocycles. The van der Waals surface area contributed by atoms with E-state index in [0.717, 1.165) is 0 Å². The highest BCUT2D eigenvalue weighted by molar-refractivity contribution is 6.31. The van der Waals surface area contributed by atoms with Crippen molar-refractivity contribution in [1.82, 2.24) is 10.2 Å². The third-order valence-corrected chi connectivity index (χ3v) is 4.31. The van der Waals surface area contributed by atoms with E-state index in [1.54, 1.807) is 24.0 Å². The fourth-order valence-electron chi connectivity index (χ4n) is 2.38. The molecule has 1 aromatic carbocycles. The zero-order chi connectivity index (χ0) is 15.6. The van der Waals surface area contributed by atoms with Crippen LogP contribution in [0.5, 0.6) is 0 Å². The van der Waals surface area contributed by atoms with E-state index >= 15 is 0 Å². The number of carbonyl (C=O) groups is 2. The number of nitrogens with one attached hydrogen (secondary N) is 1. The summed E-state index contributed by atoms with van der Waals surface area (Å²) in [6.45, 7) is 4.04. The summed E-state index contributed by atoms with van der Waals surface area (Å²) in [4.78, 5) is 25.9. The monoisotopic (exact) mass is 312 g/mol. The number of benzene rings is 1. The minimum absolute atomic E-state index is 0.0204. The topological polar surface area (TPSA) is 49.4 Å². The molecule has 1 atom stereocenters. The quantitative estimate of drug-likeness (QED) is 0.932. The second kappa shape index (κ2) is 6.02. The molecule has 1 aliphatic heterocycles. The van der Waals surface area contributed by atoms with E-state index in [4.69, 9.17) is 11.6 Å². The molecule has 1 unspecified atom stereocenters. The van der Waals surface area contributed by atoms with Crippen LogP contribution in [-0.2, 0) is 16.1 Å². The van der Waals surface area contributed by atoms with E-state index in [0.29, 0.717) is 18.5 Å². The molecular weight excluding hydrogens is 295 g/mol. The SMILES string of the molecule is CCC1(C)NC(=O)CCN(Cc2cccc(F)c2Cl)C1=O. The first-order valence-corrected chi connectivity index (χ1v) is 7.28. The Morgan fingerprint density at radius 2 is 2.14 bits per heavy atom. The Morgan fingerprint density at radius 1 is 1.43 bits per heavy atom. The van der Waals surface area contributed by atoms with E-state index in [1.807, 2.05) is 6.92 Å². The highest BCUT2D eigenvalue weighted by Gasteiger charge is 2.39. The van der Waals surface area contributed by atoms with E-state index in [2.05, 4.69) is 5.32 Å². The van der Waals surface area contributed by atoms with Crippen molar-refractivity contribution in [2.75, 3.05) is 6.54 Å². The Hall–Kier alpha value is -1.62. The summed E-state index contributed by atoms with van der Waals surface area (Å²) in [7, 11) is 0. The Morgan fingerprint density at radius 3 is 2.81 bits per heavy atom. The smallest absolute Gasteiger partial charge is 0.248 e. The summed E-state index contributed by atoms with van der Waals surface area (Å²) in [6.07, 6.45) is 0.721. The second-order valence-corrected chi connectivity index (χ2v) is 5.80. The summed E-state index contributed by atoms with van der Waals surface area (Å²) < 4.78 is 13.5. The number of hydrogen-bond acceptors (Lipinski definition) is 2. The van der Waals surface area contributed by atoms with E-state index in [-0.39, 0.29) is 29.8 Å². The van der Waals surface area contributed by atoms with Gasteiger partial charge in [-0.15, -0.1) is 0 Å². The van der Waals surface area contributed by atoms with Crippen molar-refractivity contribution in [1.29, 1.82) is 0 Å². The lowest BCUT2D eigenvalue weighted by atomic mass is 9.97. The maximum Gasteiger partial charge on any atom is 0.248 e. The van der Waals surface area contributed by atoms with Gasteiger partial charge in [-0.1, -0.05) is 30.7 Å². The largest absolute Gasteiger partial charge is 0.342 e. The average Bonchev–Trinajstić information content (AvgIpc) is 2.56. The van der Waals surface area contributed by atoms with Crippen molar-refractivity contribution in [2.24, 2.45) is 0 Å². The van der Waals surface area contributed by atoms with Crippen molar-refractivity contribution in [2.45, 2.75) is 38.8 Å². The molecule has 0 saturated carbocycles. The molecule has 0 aromatic heterocycles. The zero-order valence-corrected chi connectivity index (χ0v) is 12.8. The van der Waals surface area contributed by atoms with E-state index in [1.165, 1.54) is 6.07 Å². The van der Waals surface area contributed by atoms with Gasteiger partial charge in [-0.2, -0.15) is 0 Å². The third-order valence-electron chi connectivity index (χ3n) is 3.88. The number of halogens is 2. The molecule has 114 valence electrons. The first-order valence-electron chi connectivity index (χ1n) is 6.90. The molecule has 1 saturated heterocycles. The summed E-state index contributed by atoms with van der Waals surface area (Å²) in [6, 6.07) is 4.51. The van der Waals surface area contributed by atoms with Gasteiger partial charge in [-0.05, 0) is 25.0 Å². The van der Waals surface area contributed by atoms with Gasteiger partial charge in [0.2, 0.25) is 11.8 Å². The molecule has 0 aliphatic carbocycles. The van der Waals surface area contributed by atoms with Gasteiger partial charge in [0, 0.05) is 19.5 Å². The van der Waals surface area contributed by atoms with Gasteiger partial charge in [0.15, 0.2) is 0 Å². The summed E-state index contributed by atoms with van der Waals surface area (Å²) >= 11 is 5.94. The second-order valence-electron chi connectivity index (χ2n) is 5.42. The molecule has 1 N–H and O–H groups in total. The van der Waals surface area contributed by atoms with Crippen LogP contribution in [-0.4, -0.2) is 28.8 Å². The van der Waals surface area contributed by atoms with Crippen LogP contribution in [0.2, 0.25) is 5.02 Å². The molecule has 0 radical (unpaired) electrons. The zero-order valence-electron chi connectivity index (χ0n) is 12.1. The Bertz CT molecular complexity index is 579. The van der Waals surface area contributed by atoms with Crippen LogP contribution in [0.3, 0.4) is 0 Å². The van der Waals surface area contributed by atoms with Gasteiger partial charge in [-0.25, -0.2) is 4.39 Å². The average molecular weight is 313 g/mol. The maximum absolute atomic E-state index is 13.5. The maximum atomic E-state index is 13.5. The number of nitrogens with zero attached hydrogens (tertiary/aromatic N) is 1. The highest BCUT2D eigenvalue weighted by atomic mass is 35.5. The normalized spacial score (nSPS) is 23.0. The number of rotatable bonds is 3. The Kier molecular flexibility index (Phi) is 4.52. The summed E-state index contributed by atoms with van der Waals surface area (Å²) in [5.74, 6) is -0.833. The van der Waals surface area contributed by atoms with Crippen molar-refractivity contribution >= 4 is 23.4 Å². The lowest BCUT2D eigenvalue weighted by Crippen LogP contribution is -2.54. The molecule has 1 aliphatic rings. The molecule has 4 nitrogen and oxygen atoms in total. The van der Waals surface area contributed by atoms with Crippen molar-refractivity contribution in [3.63, 3.8) is 0 Å². The molecule has 0 bridgehead atoms. The molecule has 6 heteroatoms. The van der Waals surface area contributed by atoms with Gasteiger partial charge in [-0.3, -0.25) is 9.59 Å². The van der Waals surface area contributed by atoms with Gasteiger partial charge in [0.05, 0.1) is 5.02 Å².